The average Bonchev–Trinajstić information content (AvgIpc) is 1.57. The highest BCUT2D eigenvalue weighted by atomic mass is 16.3. The molecular formula is C90H56N8O2. The molecule has 20 rings (SSSR count). The summed E-state index contributed by atoms with van der Waals surface area (Å²) in [5, 5.41) is 9.13. The Kier molecular flexibility index (Phi) is 14.0. The molecule has 468 valence electrons. The van der Waals surface area contributed by atoms with Gasteiger partial charge in [0.2, 0.25) is 0 Å². The Labute approximate surface area is 573 Å². The number of hydrogen-bond donors (Lipinski definition) is 0. The number of nitrogens with zero attached hydrogens (tertiary/aromatic N) is 8. The van der Waals surface area contributed by atoms with Crippen molar-refractivity contribution in [3.8, 4) is 102 Å². The summed E-state index contributed by atoms with van der Waals surface area (Å²) in [6.07, 6.45) is 0. The molecule has 0 aliphatic rings. The minimum absolute atomic E-state index is 0.632. The Morgan fingerprint density at radius 1 is 0.190 bits per heavy atom. The SMILES string of the molecule is c1ccc(-c2nc(-c3ccccc3)nc(-c3cccc(-c4ccc(-n5c6ccccc6c6c7oc8ccccc8c7ccc65)cc4)c3)n2)cc1.c1ccc(-c2nc(-c3ccccc3)nc(-c3cccc(-c4cccc(-n5c6ccccc6c6c7oc8ccccc8c7ccc65)c4)c3)n2)cc1. The van der Waals surface area contributed by atoms with E-state index in [0.717, 1.165) is 149 Å². The van der Waals surface area contributed by atoms with Crippen molar-refractivity contribution in [2.24, 2.45) is 0 Å². The van der Waals surface area contributed by atoms with E-state index in [4.69, 9.17) is 38.7 Å². The van der Waals surface area contributed by atoms with E-state index >= 15 is 0 Å². The van der Waals surface area contributed by atoms with Crippen LogP contribution in [-0.2, 0) is 0 Å². The van der Waals surface area contributed by atoms with Gasteiger partial charge in [-0.3, -0.25) is 0 Å². The molecule has 0 amide bonds. The average molecular weight is 1280 g/mol. The fraction of sp³-hybridized carbons (Fsp3) is 0. The van der Waals surface area contributed by atoms with Gasteiger partial charge >= 0.3 is 0 Å². The second-order valence-electron chi connectivity index (χ2n) is 24.9. The monoisotopic (exact) mass is 1280 g/mol. The minimum atomic E-state index is 0.632. The minimum Gasteiger partial charge on any atom is -0.455 e. The van der Waals surface area contributed by atoms with Crippen LogP contribution < -0.4 is 0 Å². The number of fused-ring (bicyclic) bond motifs is 14. The highest BCUT2D eigenvalue weighted by Crippen LogP contribution is 2.44. The Balaban J connectivity index is 0.000000139. The van der Waals surface area contributed by atoms with Crippen LogP contribution in [0.25, 0.3) is 189 Å². The van der Waals surface area contributed by atoms with Crippen molar-refractivity contribution >= 4 is 87.5 Å². The van der Waals surface area contributed by atoms with Gasteiger partial charge in [-0.25, -0.2) is 29.9 Å². The number of para-hydroxylation sites is 4. The zero-order chi connectivity index (χ0) is 66.0. The van der Waals surface area contributed by atoms with Gasteiger partial charge in [-0.2, -0.15) is 0 Å². The van der Waals surface area contributed by atoms with Gasteiger partial charge in [0.25, 0.3) is 0 Å². The summed E-state index contributed by atoms with van der Waals surface area (Å²) in [5.74, 6) is 3.86. The molecule has 0 aliphatic carbocycles. The summed E-state index contributed by atoms with van der Waals surface area (Å²) in [5.41, 5.74) is 20.3. The van der Waals surface area contributed by atoms with E-state index in [1.807, 2.05) is 146 Å². The molecule has 0 atom stereocenters. The molecule has 0 saturated heterocycles. The molecule has 0 bridgehead atoms. The van der Waals surface area contributed by atoms with Crippen molar-refractivity contribution in [2.45, 2.75) is 0 Å². The standard InChI is InChI=1S/2C45H28N4O/c1-3-13-29(14-4-1)43-46-44(30-15-5-2-6-16-30)48-45(47-43)33-19-11-17-31(27-33)32-18-12-20-34(28-32)49-38-23-9-7-22-37(38)41-39(49)26-25-36-35-21-8-10-24-40(35)50-42(36)41;1-3-12-30(13-4-1)43-46-44(31-14-5-2-6-15-31)48-45(47-43)33-17-11-16-32(28-33)29-22-24-34(25-23-29)49-38-20-9-7-19-37(38)41-39(49)27-26-36-35-18-8-10-21-40(35)50-42(36)41/h2*1-28H. The van der Waals surface area contributed by atoms with Crippen molar-refractivity contribution < 1.29 is 8.83 Å². The molecule has 0 saturated carbocycles. The van der Waals surface area contributed by atoms with Crippen LogP contribution in [0.3, 0.4) is 0 Å². The van der Waals surface area contributed by atoms with Gasteiger partial charge in [-0.1, -0.05) is 255 Å². The maximum Gasteiger partial charge on any atom is 0.164 e. The fourth-order valence-corrected chi connectivity index (χ4v) is 14.2. The summed E-state index contributed by atoms with van der Waals surface area (Å²) in [7, 11) is 0. The zero-order valence-corrected chi connectivity index (χ0v) is 53.7. The Bertz CT molecular complexity index is 6400. The largest absolute Gasteiger partial charge is 0.455 e. The third kappa shape index (κ3) is 10.1. The fourth-order valence-electron chi connectivity index (χ4n) is 14.2. The van der Waals surface area contributed by atoms with E-state index in [1.165, 1.54) is 5.39 Å². The second kappa shape index (κ2) is 24.2. The van der Waals surface area contributed by atoms with Crippen LogP contribution in [0.5, 0.6) is 0 Å². The van der Waals surface area contributed by atoms with E-state index in [9.17, 15) is 0 Å². The first-order valence-electron chi connectivity index (χ1n) is 33.4. The number of rotatable bonds is 10. The first kappa shape index (κ1) is 57.7. The lowest BCUT2D eigenvalue weighted by Crippen LogP contribution is -2.00. The molecule has 14 aromatic carbocycles. The zero-order valence-electron chi connectivity index (χ0n) is 53.7. The maximum atomic E-state index is 6.51. The predicted octanol–water partition coefficient (Wildman–Crippen LogP) is 23.1. The lowest BCUT2D eigenvalue weighted by molar-refractivity contribution is 0.672. The first-order chi connectivity index (χ1) is 49.6. The van der Waals surface area contributed by atoms with Gasteiger partial charge in [-0.15, -0.1) is 0 Å². The quantitative estimate of drug-likeness (QED) is 0.133. The molecule has 100 heavy (non-hydrogen) atoms. The van der Waals surface area contributed by atoms with Crippen molar-refractivity contribution in [1.82, 2.24) is 39.0 Å². The molecule has 0 unspecified atom stereocenters. The number of aromatic nitrogens is 8. The van der Waals surface area contributed by atoms with Crippen LogP contribution >= 0.6 is 0 Å². The smallest absolute Gasteiger partial charge is 0.164 e. The van der Waals surface area contributed by atoms with Gasteiger partial charge < -0.3 is 18.0 Å². The van der Waals surface area contributed by atoms with Crippen molar-refractivity contribution in [2.75, 3.05) is 0 Å². The van der Waals surface area contributed by atoms with Gasteiger partial charge in [0.1, 0.15) is 22.3 Å². The number of benzene rings is 14. The molecular weight excluding hydrogens is 1230 g/mol. The van der Waals surface area contributed by atoms with E-state index in [1.54, 1.807) is 0 Å². The second-order valence-corrected chi connectivity index (χ2v) is 24.9. The molecule has 6 aromatic heterocycles. The van der Waals surface area contributed by atoms with E-state index in [0.29, 0.717) is 34.9 Å². The number of hydrogen-bond acceptors (Lipinski definition) is 8. The lowest BCUT2D eigenvalue weighted by atomic mass is 10.0. The van der Waals surface area contributed by atoms with Crippen LogP contribution in [0, 0.1) is 0 Å². The molecule has 6 heterocycles. The molecule has 0 aliphatic heterocycles. The van der Waals surface area contributed by atoms with Gasteiger partial charge in [0.15, 0.2) is 34.9 Å². The molecule has 10 heteroatoms. The molecule has 0 radical (unpaired) electrons. The molecule has 0 spiro atoms. The van der Waals surface area contributed by atoms with E-state index in [-0.39, 0.29) is 0 Å². The Hall–Kier alpha value is -13.7. The third-order valence-corrected chi connectivity index (χ3v) is 18.9. The third-order valence-electron chi connectivity index (χ3n) is 18.9. The van der Waals surface area contributed by atoms with Gasteiger partial charge in [0, 0.05) is 77.1 Å². The summed E-state index contributed by atoms with van der Waals surface area (Å²) in [6.45, 7) is 0. The van der Waals surface area contributed by atoms with Crippen molar-refractivity contribution in [3.63, 3.8) is 0 Å². The molecule has 10 nitrogen and oxygen atoms in total. The molecule has 0 fully saturated rings. The topological polar surface area (TPSA) is 113 Å². The van der Waals surface area contributed by atoms with Crippen LogP contribution in [0.2, 0.25) is 0 Å². The van der Waals surface area contributed by atoms with Crippen molar-refractivity contribution in [3.05, 3.63) is 340 Å². The van der Waals surface area contributed by atoms with Crippen LogP contribution in [0.15, 0.2) is 349 Å². The van der Waals surface area contributed by atoms with Gasteiger partial charge in [-0.05, 0) is 107 Å². The summed E-state index contributed by atoms with van der Waals surface area (Å²) in [4.78, 5) is 29.5. The van der Waals surface area contributed by atoms with Gasteiger partial charge in [0.05, 0.1) is 32.8 Å². The summed E-state index contributed by atoms with van der Waals surface area (Å²) >= 11 is 0. The van der Waals surface area contributed by atoms with E-state index in [2.05, 4.69) is 203 Å². The Morgan fingerprint density at radius 2 is 0.510 bits per heavy atom. The van der Waals surface area contributed by atoms with Crippen molar-refractivity contribution in [1.29, 1.82) is 0 Å². The first-order valence-corrected chi connectivity index (χ1v) is 33.4. The van der Waals surface area contributed by atoms with Crippen LogP contribution in [0.4, 0.5) is 0 Å². The van der Waals surface area contributed by atoms with Crippen LogP contribution in [-0.4, -0.2) is 39.0 Å². The van der Waals surface area contributed by atoms with E-state index < -0.39 is 0 Å². The highest BCUT2D eigenvalue weighted by Gasteiger charge is 2.22. The van der Waals surface area contributed by atoms with Crippen LogP contribution in [0.1, 0.15) is 0 Å². The molecule has 0 N–H and O–H groups in total. The lowest BCUT2D eigenvalue weighted by Gasteiger charge is -2.12. The number of furan rings is 2. The maximum absolute atomic E-state index is 6.51. The normalized spacial score (nSPS) is 11.6. The molecule has 20 aromatic rings. The highest BCUT2D eigenvalue weighted by molar-refractivity contribution is 6.25. The summed E-state index contributed by atoms with van der Waals surface area (Å²) in [6, 6.07) is 117. The Morgan fingerprint density at radius 3 is 0.940 bits per heavy atom. The summed E-state index contributed by atoms with van der Waals surface area (Å²) < 4.78 is 17.7. The predicted molar refractivity (Wildman–Crippen MR) is 406 cm³/mol.